The van der Waals surface area contributed by atoms with Crippen LogP contribution in [0.3, 0.4) is 0 Å². The second-order valence-corrected chi connectivity index (χ2v) is 4.79. The van der Waals surface area contributed by atoms with E-state index in [-0.39, 0.29) is 0 Å². The van der Waals surface area contributed by atoms with E-state index in [4.69, 9.17) is 4.74 Å². The first-order chi connectivity index (χ1) is 6.40. The van der Waals surface area contributed by atoms with Crippen LogP contribution >= 0.6 is 0 Å². The van der Waals surface area contributed by atoms with Crippen molar-refractivity contribution in [2.75, 3.05) is 6.61 Å². The van der Waals surface area contributed by atoms with E-state index in [2.05, 4.69) is 19.1 Å². The SMILES string of the molecule is CCO[C@@H]1C[C@H]2C[C@H]1[C@H]1C=CC[C@@H]21. The third-order valence-electron chi connectivity index (χ3n) is 4.33. The molecule has 0 N–H and O–H groups in total. The summed E-state index contributed by atoms with van der Waals surface area (Å²) in [7, 11) is 0. The van der Waals surface area contributed by atoms with E-state index >= 15 is 0 Å². The highest BCUT2D eigenvalue weighted by atomic mass is 16.5. The summed E-state index contributed by atoms with van der Waals surface area (Å²) in [6, 6.07) is 0. The van der Waals surface area contributed by atoms with Gasteiger partial charge in [-0.2, -0.15) is 0 Å². The van der Waals surface area contributed by atoms with Crippen LogP contribution in [0.4, 0.5) is 0 Å². The fourth-order valence-corrected chi connectivity index (χ4v) is 3.89. The highest BCUT2D eigenvalue weighted by Crippen LogP contribution is 2.57. The number of hydrogen-bond acceptors (Lipinski definition) is 1. The van der Waals surface area contributed by atoms with Gasteiger partial charge in [0.2, 0.25) is 0 Å². The Kier molecular flexibility index (Phi) is 1.76. The van der Waals surface area contributed by atoms with Crippen molar-refractivity contribution in [2.24, 2.45) is 23.7 Å². The minimum absolute atomic E-state index is 0.596. The molecule has 3 rings (SSSR count). The van der Waals surface area contributed by atoms with Crippen LogP contribution in [-0.2, 0) is 4.74 Å². The van der Waals surface area contributed by atoms with Crippen molar-refractivity contribution in [2.45, 2.75) is 32.3 Å². The number of hydrogen-bond donors (Lipinski definition) is 0. The normalized spacial score (nSPS) is 51.6. The molecule has 0 aromatic heterocycles. The highest BCUT2D eigenvalue weighted by molar-refractivity contribution is 5.14. The van der Waals surface area contributed by atoms with Crippen LogP contribution < -0.4 is 0 Å². The van der Waals surface area contributed by atoms with Gasteiger partial charge in [-0.3, -0.25) is 0 Å². The Hall–Kier alpha value is -0.300. The third-order valence-corrected chi connectivity index (χ3v) is 4.33. The van der Waals surface area contributed by atoms with E-state index in [1.54, 1.807) is 0 Å². The minimum atomic E-state index is 0.596. The van der Waals surface area contributed by atoms with Crippen LogP contribution in [0.25, 0.3) is 0 Å². The van der Waals surface area contributed by atoms with Crippen molar-refractivity contribution < 1.29 is 4.74 Å². The van der Waals surface area contributed by atoms with Crippen molar-refractivity contribution in [1.29, 1.82) is 0 Å². The Balaban J connectivity index is 1.77. The molecule has 0 aromatic carbocycles. The Bertz CT molecular complexity index is 233. The molecule has 0 radical (unpaired) electrons. The molecule has 0 amide bonds. The van der Waals surface area contributed by atoms with Gasteiger partial charge in [0, 0.05) is 6.61 Å². The topological polar surface area (TPSA) is 9.23 Å². The number of rotatable bonds is 2. The Morgan fingerprint density at radius 3 is 3.08 bits per heavy atom. The summed E-state index contributed by atoms with van der Waals surface area (Å²) in [6.45, 7) is 3.02. The lowest BCUT2D eigenvalue weighted by atomic mass is 9.80. The van der Waals surface area contributed by atoms with Gasteiger partial charge >= 0.3 is 0 Å². The molecule has 0 aliphatic heterocycles. The molecule has 3 aliphatic rings. The lowest BCUT2D eigenvalue weighted by molar-refractivity contribution is 0.00243. The molecule has 2 bridgehead atoms. The van der Waals surface area contributed by atoms with E-state index in [0.717, 1.165) is 30.3 Å². The Morgan fingerprint density at radius 2 is 2.23 bits per heavy atom. The first-order valence-electron chi connectivity index (χ1n) is 5.68. The maximum absolute atomic E-state index is 5.81. The van der Waals surface area contributed by atoms with Gasteiger partial charge in [0.1, 0.15) is 0 Å². The lowest BCUT2D eigenvalue weighted by Crippen LogP contribution is -2.30. The summed E-state index contributed by atoms with van der Waals surface area (Å²) in [6.07, 6.45) is 9.60. The highest BCUT2D eigenvalue weighted by Gasteiger charge is 2.52. The molecule has 2 saturated carbocycles. The molecular formula is C12H18O. The van der Waals surface area contributed by atoms with Crippen molar-refractivity contribution in [3.05, 3.63) is 12.2 Å². The smallest absolute Gasteiger partial charge is 0.0611 e. The lowest BCUT2D eigenvalue weighted by Gasteiger charge is -2.30. The van der Waals surface area contributed by atoms with Crippen molar-refractivity contribution >= 4 is 0 Å². The quantitative estimate of drug-likeness (QED) is 0.591. The van der Waals surface area contributed by atoms with Gasteiger partial charge in [-0.15, -0.1) is 0 Å². The summed E-state index contributed by atoms with van der Waals surface area (Å²) in [4.78, 5) is 0. The third kappa shape index (κ3) is 1.03. The Morgan fingerprint density at radius 1 is 1.31 bits per heavy atom. The molecule has 5 atom stereocenters. The van der Waals surface area contributed by atoms with E-state index in [1.807, 2.05) is 0 Å². The van der Waals surface area contributed by atoms with E-state index in [0.29, 0.717) is 6.10 Å². The second kappa shape index (κ2) is 2.84. The van der Waals surface area contributed by atoms with Crippen molar-refractivity contribution in [1.82, 2.24) is 0 Å². The van der Waals surface area contributed by atoms with E-state index in [9.17, 15) is 0 Å². The first kappa shape index (κ1) is 8.05. The van der Waals surface area contributed by atoms with Gasteiger partial charge < -0.3 is 4.74 Å². The van der Waals surface area contributed by atoms with Gasteiger partial charge in [-0.1, -0.05) is 12.2 Å². The monoisotopic (exact) mass is 178 g/mol. The summed E-state index contributed by atoms with van der Waals surface area (Å²) < 4.78 is 5.81. The molecule has 2 fully saturated rings. The molecule has 0 saturated heterocycles. The summed E-state index contributed by atoms with van der Waals surface area (Å²) >= 11 is 0. The number of allylic oxidation sites excluding steroid dienone is 2. The molecule has 0 unspecified atom stereocenters. The summed E-state index contributed by atoms with van der Waals surface area (Å²) in [5, 5.41) is 0. The predicted molar refractivity (Wildman–Crippen MR) is 52.4 cm³/mol. The zero-order chi connectivity index (χ0) is 8.84. The maximum Gasteiger partial charge on any atom is 0.0611 e. The zero-order valence-corrected chi connectivity index (χ0v) is 8.28. The van der Waals surface area contributed by atoms with Gasteiger partial charge in [-0.05, 0) is 49.9 Å². The van der Waals surface area contributed by atoms with Crippen LogP contribution in [0.15, 0.2) is 12.2 Å². The minimum Gasteiger partial charge on any atom is -0.378 e. The first-order valence-corrected chi connectivity index (χ1v) is 5.68. The van der Waals surface area contributed by atoms with Gasteiger partial charge in [0.15, 0.2) is 0 Å². The largest absolute Gasteiger partial charge is 0.378 e. The zero-order valence-electron chi connectivity index (χ0n) is 8.28. The molecule has 72 valence electrons. The molecule has 1 heteroatoms. The van der Waals surface area contributed by atoms with E-state index in [1.165, 1.54) is 19.3 Å². The van der Waals surface area contributed by atoms with Crippen LogP contribution in [0.1, 0.15) is 26.2 Å². The molecule has 0 aromatic rings. The molecular weight excluding hydrogens is 160 g/mol. The average molecular weight is 178 g/mol. The summed E-state index contributed by atoms with van der Waals surface area (Å²) in [5.41, 5.74) is 0. The van der Waals surface area contributed by atoms with Crippen LogP contribution in [-0.4, -0.2) is 12.7 Å². The Labute approximate surface area is 80.2 Å². The predicted octanol–water partition coefficient (Wildman–Crippen LogP) is 2.62. The van der Waals surface area contributed by atoms with Gasteiger partial charge in [0.25, 0.3) is 0 Å². The molecule has 0 heterocycles. The number of ether oxygens (including phenoxy) is 1. The van der Waals surface area contributed by atoms with Crippen LogP contribution in [0.5, 0.6) is 0 Å². The summed E-state index contributed by atoms with van der Waals surface area (Å²) in [5.74, 6) is 3.74. The van der Waals surface area contributed by atoms with Crippen molar-refractivity contribution in [3.63, 3.8) is 0 Å². The van der Waals surface area contributed by atoms with Crippen LogP contribution in [0, 0.1) is 23.7 Å². The standard InChI is InChI=1S/C12H18O/c1-2-13-12-7-8-6-11(12)10-5-3-4-9(8)10/h3,5,8-12H,2,4,6-7H2,1H3/t8-,9+,10+,11+,12-/m1/s1. The average Bonchev–Trinajstić information content (AvgIpc) is 2.72. The fourth-order valence-electron chi connectivity index (χ4n) is 3.89. The van der Waals surface area contributed by atoms with Crippen LogP contribution in [0.2, 0.25) is 0 Å². The molecule has 3 aliphatic carbocycles. The van der Waals surface area contributed by atoms with E-state index < -0.39 is 0 Å². The van der Waals surface area contributed by atoms with Gasteiger partial charge in [-0.25, -0.2) is 0 Å². The second-order valence-electron chi connectivity index (χ2n) is 4.79. The number of fused-ring (bicyclic) bond motifs is 5. The van der Waals surface area contributed by atoms with Crippen molar-refractivity contribution in [3.8, 4) is 0 Å². The fraction of sp³-hybridized carbons (Fsp3) is 0.833. The molecule has 1 nitrogen and oxygen atoms in total. The molecule has 0 spiro atoms. The van der Waals surface area contributed by atoms with Gasteiger partial charge in [0.05, 0.1) is 6.10 Å². The maximum atomic E-state index is 5.81. The molecule has 13 heavy (non-hydrogen) atoms.